The molecule has 50 heavy (non-hydrogen) atoms. The standard InChI is InChI=1S/C41H55N3O6/c1-9-10-17-26-44(37(46)33(27-30-18-13-11-14-19-30)43-39(48)50-41(6,7)8)35(32-24-22-29(2)23-25-32)36(45)42-34(38(47)49-40(3,4)5)28-31-20-15-12-16-21-31/h11-16,18-25,33-35H,9-10,17,26-28H2,1-8H3,(H,42,45)(H,43,48). The van der Waals surface area contributed by atoms with Gasteiger partial charge in [0.2, 0.25) is 11.8 Å². The van der Waals surface area contributed by atoms with E-state index in [9.17, 15) is 19.2 Å². The molecule has 0 aliphatic heterocycles. The maximum atomic E-state index is 14.8. The molecule has 0 bridgehead atoms. The Morgan fingerprint density at radius 1 is 0.680 bits per heavy atom. The van der Waals surface area contributed by atoms with Crippen LogP contribution in [0.5, 0.6) is 0 Å². The zero-order valence-electron chi connectivity index (χ0n) is 31.0. The zero-order chi connectivity index (χ0) is 36.9. The molecule has 9 heteroatoms. The molecule has 3 atom stereocenters. The maximum Gasteiger partial charge on any atom is 0.408 e. The average molecular weight is 686 g/mol. The number of carbonyl (C=O) groups excluding carboxylic acids is 4. The SMILES string of the molecule is CCCCCN(C(=O)C(Cc1ccccc1)NC(=O)OC(C)(C)C)C(C(=O)NC(Cc1ccccc1)C(=O)OC(C)(C)C)c1ccc(C)cc1. The van der Waals surface area contributed by atoms with Gasteiger partial charge in [0.1, 0.15) is 29.3 Å². The van der Waals surface area contributed by atoms with E-state index in [1.165, 1.54) is 4.90 Å². The normalized spacial score (nSPS) is 13.4. The molecule has 0 spiro atoms. The van der Waals surface area contributed by atoms with Crippen LogP contribution in [0.3, 0.4) is 0 Å². The van der Waals surface area contributed by atoms with Crippen molar-refractivity contribution >= 4 is 23.9 Å². The van der Waals surface area contributed by atoms with Gasteiger partial charge in [-0.15, -0.1) is 0 Å². The van der Waals surface area contributed by atoms with E-state index in [4.69, 9.17) is 9.47 Å². The fraction of sp³-hybridized carbons (Fsp3) is 0.463. The Balaban J connectivity index is 2.10. The molecule has 0 fully saturated rings. The Morgan fingerprint density at radius 2 is 1.20 bits per heavy atom. The summed E-state index contributed by atoms with van der Waals surface area (Å²) in [6.45, 7) is 14.9. The number of ether oxygens (including phenoxy) is 2. The molecule has 9 nitrogen and oxygen atoms in total. The molecule has 3 amide bonds. The van der Waals surface area contributed by atoms with E-state index < -0.39 is 53.2 Å². The van der Waals surface area contributed by atoms with Gasteiger partial charge < -0.3 is 25.0 Å². The van der Waals surface area contributed by atoms with Crippen molar-refractivity contribution in [2.75, 3.05) is 6.54 Å². The Bertz CT molecular complexity index is 1530. The lowest BCUT2D eigenvalue weighted by atomic mass is 9.98. The topological polar surface area (TPSA) is 114 Å². The van der Waals surface area contributed by atoms with Crippen molar-refractivity contribution in [1.82, 2.24) is 15.5 Å². The summed E-state index contributed by atoms with van der Waals surface area (Å²) >= 11 is 0. The first kappa shape index (κ1) is 39.8. The predicted octanol–water partition coefficient (Wildman–Crippen LogP) is 7.26. The van der Waals surface area contributed by atoms with Crippen molar-refractivity contribution in [2.24, 2.45) is 0 Å². The summed E-state index contributed by atoms with van der Waals surface area (Å²) in [7, 11) is 0. The number of amides is 3. The minimum absolute atomic E-state index is 0.181. The lowest BCUT2D eigenvalue weighted by molar-refractivity contribution is -0.159. The molecule has 3 aromatic rings. The van der Waals surface area contributed by atoms with Crippen LogP contribution < -0.4 is 10.6 Å². The second-order valence-electron chi connectivity index (χ2n) is 14.7. The Labute approximate surface area is 298 Å². The van der Waals surface area contributed by atoms with E-state index >= 15 is 0 Å². The smallest absolute Gasteiger partial charge is 0.408 e. The van der Waals surface area contributed by atoms with Crippen molar-refractivity contribution in [3.63, 3.8) is 0 Å². The van der Waals surface area contributed by atoms with E-state index in [-0.39, 0.29) is 19.4 Å². The summed E-state index contributed by atoms with van der Waals surface area (Å²) < 4.78 is 11.3. The van der Waals surface area contributed by atoms with Crippen molar-refractivity contribution < 1.29 is 28.7 Å². The molecule has 2 N–H and O–H groups in total. The Morgan fingerprint density at radius 3 is 1.70 bits per heavy atom. The first-order valence-corrected chi connectivity index (χ1v) is 17.5. The van der Waals surface area contributed by atoms with Gasteiger partial charge >= 0.3 is 12.1 Å². The number of nitrogens with one attached hydrogen (secondary N) is 2. The number of carbonyl (C=O) groups is 4. The van der Waals surface area contributed by atoms with Crippen LogP contribution in [0.25, 0.3) is 0 Å². The number of rotatable bonds is 15. The van der Waals surface area contributed by atoms with Gasteiger partial charge in [-0.1, -0.05) is 110 Å². The maximum absolute atomic E-state index is 14.8. The number of benzene rings is 3. The summed E-state index contributed by atoms with van der Waals surface area (Å²) in [4.78, 5) is 57.7. The number of hydrogen-bond acceptors (Lipinski definition) is 6. The van der Waals surface area contributed by atoms with E-state index in [2.05, 4.69) is 17.6 Å². The molecule has 0 aliphatic carbocycles. The third kappa shape index (κ3) is 13.3. The number of unbranched alkanes of at least 4 members (excludes halogenated alkanes) is 2. The molecule has 3 rings (SSSR count). The largest absolute Gasteiger partial charge is 0.458 e. The van der Waals surface area contributed by atoms with Crippen LogP contribution in [0.15, 0.2) is 84.9 Å². The van der Waals surface area contributed by atoms with Crippen molar-refractivity contribution in [3.8, 4) is 0 Å². The lowest BCUT2D eigenvalue weighted by Gasteiger charge is -2.35. The van der Waals surface area contributed by atoms with Gasteiger partial charge in [-0.2, -0.15) is 0 Å². The summed E-state index contributed by atoms with van der Waals surface area (Å²) in [5, 5.41) is 5.77. The van der Waals surface area contributed by atoms with E-state index in [0.717, 1.165) is 29.5 Å². The molecule has 0 saturated carbocycles. The minimum atomic E-state index is -1.11. The van der Waals surface area contributed by atoms with Gasteiger partial charge in [-0.05, 0) is 71.6 Å². The summed E-state index contributed by atoms with van der Waals surface area (Å²) in [5.41, 5.74) is 1.67. The third-order valence-electron chi connectivity index (χ3n) is 7.80. The van der Waals surface area contributed by atoms with Crippen LogP contribution in [0.4, 0.5) is 4.79 Å². The number of esters is 1. The number of nitrogens with zero attached hydrogens (tertiary/aromatic N) is 1. The van der Waals surface area contributed by atoms with Crippen molar-refractivity contribution in [3.05, 3.63) is 107 Å². The highest BCUT2D eigenvalue weighted by Crippen LogP contribution is 2.26. The Kier molecular flexibility index (Phi) is 14.6. The van der Waals surface area contributed by atoms with Crippen LogP contribution in [0.2, 0.25) is 0 Å². The molecule has 0 saturated heterocycles. The molecule has 0 aliphatic rings. The van der Waals surface area contributed by atoms with Gasteiger partial charge in [0.05, 0.1) is 0 Å². The van der Waals surface area contributed by atoms with Crippen molar-refractivity contribution in [2.45, 2.75) is 117 Å². The molecular weight excluding hydrogens is 630 g/mol. The molecule has 270 valence electrons. The van der Waals surface area contributed by atoms with Gasteiger partial charge in [0.25, 0.3) is 0 Å². The zero-order valence-corrected chi connectivity index (χ0v) is 31.0. The fourth-order valence-electron chi connectivity index (χ4n) is 5.49. The van der Waals surface area contributed by atoms with Gasteiger partial charge in [0.15, 0.2) is 0 Å². The molecule has 3 aromatic carbocycles. The number of aryl methyl sites for hydroxylation is 1. The minimum Gasteiger partial charge on any atom is -0.458 e. The first-order chi connectivity index (χ1) is 23.6. The fourth-order valence-corrected chi connectivity index (χ4v) is 5.49. The van der Waals surface area contributed by atoms with Gasteiger partial charge in [-0.3, -0.25) is 9.59 Å². The monoisotopic (exact) mass is 685 g/mol. The van der Waals surface area contributed by atoms with Crippen LogP contribution >= 0.6 is 0 Å². The quantitative estimate of drug-likeness (QED) is 0.129. The second-order valence-corrected chi connectivity index (χ2v) is 14.7. The highest BCUT2D eigenvalue weighted by Gasteiger charge is 2.38. The van der Waals surface area contributed by atoms with Crippen LogP contribution in [-0.4, -0.2) is 58.6 Å². The van der Waals surface area contributed by atoms with Crippen LogP contribution in [-0.2, 0) is 36.7 Å². The summed E-state index contributed by atoms with van der Waals surface area (Å²) in [6, 6.07) is 23.1. The van der Waals surface area contributed by atoms with E-state index in [1.807, 2.05) is 91.9 Å². The Hall–Kier alpha value is -4.66. The predicted molar refractivity (Wildman–Crippen MR) is 196 cm³/mol. The van der Waals surface area contributed by atoms with Gasteiger partial charge in [0, 0.05) is 19.4 Å². The summed E-state index contributed by atoms with van der Waals surface area (Å²) in [5.74, 6) is -1.54. The highest BCUT2D eigenvalue weighted by molar-refractivity contribution is 5.94. The average Bonchev–Trinajstić information content (AvgIpc) is 3.03. The molecule has 0 radical (unpaired) electrons. The van der Waals surface area contributed by atoms with Gasteiger partial charge in [-0.25, -0.2) is 9.59 Å². The van der Waals surface area contributed by atoms with Crippen LogP contribution in [0.1, 0.15) is 96.0 Å². The third-order valence-corrected chi connectivity index (χ3v) is 7.80. The highest BCUT2D eigenvalue weighted by atomic mass is 16.6. The second kappa shape index (κ2) is 18.4. The molecular formula is C41H55N3O6. The molecule has 0 heterocycles. The first-order valence-electron chi connectivity index (χ1n) is 17.5. The number of hydrogen-bond donors (Lipinski definition) is 2. The molecule has 0 aromatic heterocycles. The molecule has 3 unspecified atom stereocenters. The summed E-state index contributed by atoms with van der Waals surface area (Å²) in [6.07, 6.45) is 1.99. The van der Waals surface area contributed by atoms with E-state index in [1.54, 1.807) is 41.5 Å². The van der Waals surface area contributed by atoms with Crippen molar-refractivity contribution in [1.29, 1.82) is 0 Å². The van der Waals surface area contributed by atoms with E-state index in [0.29, 0.717) is 12.0 Å². The van der Waals surface area contributed by atoms with Crippen LogP contribution in [0, 0.1) is 6.92 Å². The lowest BCUT2D eigenvalue weighted by Crippen LogP contribution is -2.55. The number of alkyl carbamates (subject to hydrolysis) is 1.